The number of hydrogen-bond donors (Lipinski definition) is 0. The molecular weight excluding hydrogens is 440 g/mol. The Morgan fingerprint density at radius 2 is 1.71 bits per heavy atom. The quantitative estimate of drug-likeness (QED) is 0.422. The molecule has 0 aliphatic carbocycles. The lowest BCUT2D eigenvalue weighted by atomic mass is 9.94. The van der Waals surface area contributed by atoms with Gasteiger partial charge >= 0.3 is 0 Å². The average Bonchev–Trinajstić information content (AvgIpc) is 2.22. The molecular formula is C10H18Br4. The molecule has 4 heteroatoms. The van der Waals surface area contributed by atoms with Crippen LogP contribution in [0.4, 0.5) is 0 Å². The number of hydrogen-bond acceptors (Lipinski definition) is 0. The van der Waals surface area contributed by atoms with Gasteiger partial charge < -0.3 is 0 Å². The van der Waals surface area contributed by atoms with Gasteiger partial charge in [0.1, 0.15) is 0 Å². The highest BCUT2D eigenvalue weighted by molar-refractivity contribution is 9.12. The molecule has 0 amide bonds. The molecule has 0 bridgehead atoms. The van der Waals surface area contributed by atoms with Crippen LogP contribution in [0.25, 0.3) is 0 Å². The van der Waals surface area contributed by atoms with E-state index in [2.05, 4.69) is 70.6 Å². The first kappa shape index (κ1) is 15.9. The number of unbranched alkanes of at least 4 members (excludes halogenated alkanes) is 1. The van der Waals surface area contributed by atoms with E-state index >= 15 is 0 Å². The summed E-state index contributed by atoms with van der Waals surface area (Å²) < 4.78 is 0. The zero-order valence-corrected chi connectivity index (χ0v) is 14.8. The summed E-state index contributed by atoms with van der Waals surface area (Å²) in [6.45, 7) is 2.25. The largest absolute Gasteiger partial charge is 0.0916 e. The molecule has 0 aromatic rings. The molecule has 0 aliphatic rings. The van der Waals surface area contributed by atoms with E-state index in [0.29, 0.717) is 9.65 Å². The van der Waals surface area contributed by atoms with Crippen molar-refractivity contribution in [2.24, 2.45) is 5.92 Å². The third-order valence-electron chi connectivity index (χ3n) is 2.31. The molecule has 0 saturated carbocycles. The van der Waals surface area contributed by atoms with Gasteiger partial charge in [0, 0.05) is 20.3 Å². The van der Waals surface area contributed by atoms with Crippen molar-refractivity contribution in [2.45, 2.75) is 42.3 Å². The van der Waals surface area contributed by atoms with E-state index < -0.39 is 0 Å². The summed E-state index contributed by atoms with van der Waals surface area (Å²) in [6.07, 6.45) is 5.20. The summed E-state index contributed by atoms with van der Waals surface area (Å²) in [5.41, 5.74) is 0. The molecule has 0 saturated heterocycles. The zero-order valence-electron chi connectivity index (χ0n) is 8.49. The van der Waals surface area contributed by atoms with E-state index in [1.54, 1.807) is 0 Å². The third-order valence-corrected chi connectivity index (χ3v) is 7.30. The van der Waals surface area contributed by atoms with Gasteiger partial charge in [-0.05, 0) is 18.8 Å². The molecule has 0 aromatic heterocycles. The third kappa shape index (κ3) is 7.24. The molecule has 0 heterocycles. The lowest BCUT2D eigenvalue weighted by Crippen LogP contribution is -2.20. The SMILES string of the molecule is CCCCC(CC(Br)CBr)C(Br)CBr. The molecule has 3 atom stereocenters. The van der Waals surface area contributed by atoms with Crippen LogP contribution in [0.5, 0.6) is 0 Å². The Labute approximate surface area is 121 Å². The fourth-order valence-electron chi connectivity index (χ4n) is 1.43. The van der Waals surface area contributed by atoms with Crippen LogP contribution in [0.15, 0.2) is 0 Å². The lowest BCUT2D eigenvalue weighted by molar-refractivity contribution is 0.442. The van der Waals surface area contributed by atoms with Crippen molar-refractivity contribution < 1.29 is 0 Å². The normalized spacial score (nSPS) is 17.8. The van der Waals surface area contributed by atoms with Gasteiger partial charge in [-0.3, -0.25) is 0 Å². The van der Waals surface area contributed by atoms with E-state index in [1.165, 1.54) is 25.7 Å². The molecule has 0 fully saturated rings. The summed E-state index contributed by atoms with van der Waals surface area (Å²) >= 11 is 14.5. The lowest BCUT2D eigenvalue weighted by Gasteiger charge is -2.22. The smallest absolute Gasteiger partial charge is 0.0271 e. The van der Waals surface area contributed by atoms with E-state index in [0.717, 1.165) is 16.6 Å². The van der Waals surface area contributed by atoms with Gasteiger partial charge in [-0.25, -0.2) is 0 Å². The van der Waals surface area contributed by atoms with Gasteiger partial charge in [0.15, 0.2) is 0 Å². The molecule has 0 aromatic carbocycles. The van der Waals surface area contributed by atoms with Crippen molar-refractivity contribution in [2.75, 3.05) is 10.7 Å². The minimum atomic E-state index is 0.600. The monoisotopic (exact) mass is 454 g/mol. The Balaban J connectivity index is 3.96. The van der Waals surface area contributed by atoms with Crippen LogP contribution in [0.3, 0.4) is 0 Å². The molecule has 0 spiro atoms. The van der Waals surface area contributed by atoms with Crippen molar-refractivity contribution in [1.29, 1.82) is 0 Å². The fourth-order valence-corrected chi connectivity index (χ4v) is 3.18. The van der Waals surface area contributed by atoms with Crippen LogP contribution < -0.4 is 0 Å². The number of halogens is 4. The minimum absolute atomic E-state index is 0.600. The Morgan fingerprint density at radius 3 is 2.14 bits per heavy atom. The second kappa shape index (κ2) is 10.1. The van der Waals surface area contributed by atoms with Gasteiger partial charge in [-0.2, -0.15) is 0 Å². The van der Waals surface area contributed by atoms with Crippen LogP contribution in [0.2, 0.25) is 0 Å². The Hall–Kier alpha value is 1.92. The maximum absolute atomic E-state index is 3.75. The summed E-state index contributed by atoms with van der Waals surface area (Å²) in [4.78, 5) is 1.21. The van der Waals surface area contributed by atoms with Crippen molar-refractivity contribution in [3.05, 3.63) is 0 Å². The zero-order chi connectivity index (χ0) is 11.0. The standard InChI is InChI=1S/C10H18Br4/c1-2-3-4-8(10(14)7-12)5-9(13)6-11/h8-10H,2-7H2,1H3. The summed E-state index contributed by atoms with van der Waals surface area (Å²) in [5, 5.41) is 2.08. The van der Waals surface area contributed by atoms with Crippen LogP contribution >= 0.6 is 63.7 Å². The molecule has 0 rings (SSSR count). The highest BCUT2D eigenvalue weighted by atomic mass is 79.9. The van der Waals surface area contributed by atoms with Crippen molar-refractivity contribution in [3.8, 4) is 0 Å². The van der Waals surface area contributed by atoms with E-state index in [1.807, 2.05) is 0 Å². The minimum Gasteiger partial charge on any atom is -0.0916 e. The predicted molar refractivity (Wildman–Crippen MR) is 80.7 cm³/mol. The van der Waals surface area contributed by atoms with Crippen molar-refractivity contribution in [3.63, 3.8) is 0 Å². The molecule has 0 aliphatic heterocycles. The van der Waals surface area contributed by atoms with Gasteiger partial charge in [-0.15, -0.1) is 0 Å². The molecule has 0 radical (unpaired) electrons. The second-order valence-electron chi connectivity index (χ2n) is 3.56. The van der Waals surface area contributed by atoms with Crippen LogP contribution in [-0.4, -0.2) is 20.3 Å². The van der Waals surface area contributed by atoms with E-state index in [9.17, 15) is 0 Å². The first-order valence-electron chi connectivity index (χ1n) is 5.05. The van der Waals surface area contributed by atoms with E-state index in [-0.39, 0.29) is 0 Å². The van der Waals surface area contributed by atoms with Crippen LogP contribution in [0, 0.1) is 5.92 Å². The van der Waals surface area contributed by atoms with Gasteiger partial charge in [0.05, 0.1) is 0 Å². The number of alkyl halides is 4. The highest BCUT2D eigenvalue weighted by Crippen LogP contribution is 2.28. The Kier molecular flexibility index (Phi) is 11.5. The topological polar surface area (TPSA) is 0 Å². The van der Waals surface area contributed by atoms with Gasteiger partial charge in [0.2, 0.25) is 0 Å². The molecule has 86 valence electrons. The highest BCUT2D eigenvalue weighted by Gasteiger charge is 2.20. The van der Waals surface area contributed by atoms with Gasteiger partial charge in [0.25, 0.3) is 0 Å². The van der Waals surface area contributed by atoms with Crippen LogP contribution in [-0.2, 0) is 0 Å². The Bertz CT molecular complexity index is 129. The molecule has 3 unspecified atom stereocenters. The summed E-state index contributed by atoms with van der Waals surface area (Å²) in [5.74, 6) is 0.774. The predicted octanol–water partition coefficient (Wildman–Crippen LogP) is 5.50. The summed E-state index contributed by atoms with van der Waals surface area (Å²) in [6, 6.07) is 0. The first-order chi connectivity index (χ1) is 6.65. The molecule has 14 heavy (non-hydrogen) atoms. The van der Waals surface area contributed by atoms with Gasteiger partial charge in [-0.1, -0.05) is 83.5 Å². The fraction of sp³-hybridized carbons (Fsp3) is 1.00. The second-order valence-corrected chi connectivity index (χ2v) is 7.33. The maximum atomic E-state index is 3.75. The van der Waals surface area contributed by atoms with Crippen LogP contribution in [0.1, 0.15) is 32.6 Å². The van der Waals surface area contributed by atoms with E-state index in [4.69, 9.17) is 0 Å². The van der Waals surface area contributed by atoms with Crippen molar-refractivity contribution >= 4 is 63.7 Å². The Morgan fingerprint density at radius 1 is 1.07 bits per heavy atom. The summed E-state index contributed by atoms with van der Waals surface area (Å²) in [7, 11) is 0. The van der Waals surface area contributed by atoms with Crippen molar-refractivity contribution in [1.82, 2.24) is 0 Å². The maximum Gasteiger partial charge on any atom is 0.0271 e. The molecule has 0 nitrogen and oxygen atoms in total. The average molecular weight is 458 g/mol. The number of rotatable bonds is 8. The molecule has 0 N–H and O–H groups in total. The first-order valence-corrected chi connectivity index (χ1v) is 9.13.